The van der Waals surface area contributed by atoms with Crippen LogP contribution in [-0.2, 0) is 46.3 Å². The number of aromatic nitrogens is 2. The summed E-state index contributed by atoms with van der Waals surface area (Å²) in [5.74, 6) is -1.60. The van der Waals surface area contributed by atoms with E-state index in [0.29, 0.717) is 12.8 Å². The largest absolute Gasteiger partial charge is 0.481 e. The molecule has 1 aliphatic rings. The highest BCUT2D eigenvalue weighted by atomic mass is 31.3. The van der Waals surface area contributed by atoms with Gasteiger partial charge >= 0.3 is 33.3 Å². The van der Waals surface area contributed by atoms with Crippen LogP contribution in [-0.4, -0.2) is 96.9 Å². The Hall–Kier alpha value is -4.10. The van der Waals surface area contributed by atoms with Crippen LogP contribution < -0.4 is 11.4 Å². The van der Waals surface area contributed by atoms with Crippen LogP contribution in [0.4, 0.5) is 5.82 Å². The van der Waals surface area contributed by atoms with Gasteiger partial charge in [-0.15, -0.1) is 0 Å². The van der Waals surface area contributed by atoms with Crippen molar-refractivity contribution in [2.24, 2.45) is 0 Å². The van der Waals surface area contributed by atoms with Crippen LogP contribution in [0.1, 0.15) is 168 Å². The third-order valence-electron chi connectivity index (χ3n) is 11.6. The average Bonchev–Trinajstić information content (AvgIpc) is 3.65. The van der Waals surface area contributed by atoms with Crippen molar-refractivity contribution in [3.8, 4) is 0 Å². The molecule has 1 saturated heterocycles. The molecule has 1 aromatic heterocycles. The highest BCUT2D eigenvalue weighted by molar-refractivity contribution is 7.61. The molecule has 1 aromatic rings. The summed E-state index contributed by atoms with van der Waals surface area (Å²) in [6, 6.07) is 1.24. The molecule has 7 N–H and O–H groups in total. The third kappa shape index (κ3) is 33.6. The lowest BCUT2D eigenvalue weighted by Crippen LogP contribution is -2.36. The van der Waals surface area contributed by atoms with E-state index in [1.54, 1.807) is 12.2 Å². The number of nitrogens with zero attached hydrogens (tertiary/aromatic N) is 2. The predicted molar refractivity (Wildman–Crippen MR) is 290 cm³/mol. The Morgan fingerprint density at radius 2 is 1.28 bits per heavy atom. The molecule has 1 aliphatic heterocycles. The lowest BCUT2D eigenvalue weighted by Gasteiger charge is -2.21. The maximum absolute atomic E-state index is 12.9. The van der Waals surface area contributed by atoms with E-state index in [0.717, 1.165) is 87.8 Å². The second kappa shape index (κ2) is 41.1. The number of rotatable bonds is 43. The molecular formula is C54H87N3O16P2. The molecule has 3 unspecified atom stereocenters. The Kier molecular flexibility index (Phi) is 36.7. The number of ether oxygens (including phenoxy) is 3. The first-order valence-electron chi connectivity index (χ1n) is 26.7. The van der Waals surface area contributed by atoms with Crippen molar-refractivity contribution in [3.05, 3.63) is 108 Å². The number of phosphoric acid groups is 2. The van der Waals surface area contributed by atoms with Crippen molar-refractivity contribution in [2.45, 2.75) is 198 Å². The Morgan fingerprint density at radius 3 is 1.88 bits per heavy atom. The number of aliphatic hydroxyl groups is 3. The fourth-order valence-electron chi connectivity index (χ4n) is 7.42. The molecule has 2 rings (SSSR count). The third-order valence-corrected chi connectivity index (χ3v) is 14.2. The van der Waals surface area contributed by atoms with Crippen LogP contribution in [0.3, 0.4) is 0 Å². The van der Waals surface area contributed by atoms with Crippen LogP contribution in [0.2, 0.25) is 0 Å². The molecule has 19 nitrogen and oxygen atoms in total. The summed E-state index contributed by atoms with van der Waals surface area (Å²) in [7, 11) is -11.0. The monoisotopic (exact) mass is 1100 g/mol. The molecule has 2 heterocycles. The molecule has 0 saturated carbocycles. The SMILES string of the molecule is CC/C=C\C/C=C\C/C=C\C/C=C\C/C=C\C=C/C(O)CCC(=O)OC[C@H](COP(=O)(O)OP(=O)(O)OC[C@H]1O[C@@H](n2ccc(N)nc2=O)[C@H](O)[C@@H]1O)OC(=O)CCCCCCCCC/C=C\CCCCCCCC. The highest BCUT2D eigenvalue weighted by Crippen LogP contribution is 2.60. The lowest BCUT2D eigenvalue weighted by molar-refractivity contribution is -0.161. The van der Waals surface area contributed by atoms with E-state index in [4.69, 9.17) is 29.0 Å². The minimum atomic E-state index is -5.48. The zero-order valence-electron chi connectivity index (χ0n) is 44.2. The number of aliphatic hydroxyl groups excluding tert-OH is 3. The first-order chi connectivity index (χ1) is 36.1. The summed E-state index contributed by atoms with van der Waals surface area (Å²) in [5, 5.41) is 31.3. The number of carbonyl (C=O) groups excluding carboxylic acids is 2. The minimum Gasteiger partial charge on any atom is -0.462 e. The summed E-state index contributed by atoms with van der Waals surface area (Å²) in [5.41, 5.74) is 4.57. The quantitative estimate of drug-likeness (QED) is 0.0116. The molecule has 0 aliphatic carbocycles. The molecule has 0 amide bonds. The van der Waals surface area contributed by atoms with Crippen LogP contribution in [0, 0.1) is 0 Å². The lowest BCUT2D eigenvalue weighted by atomic mass is 10.1. The van der Waals surface area contributed by atoms with Gasteiger partial charge in [0.2, 0.25) is 0 Å². The van der Waals surface area contributed by atoms with E-state index in [1.807, 2.05) is 12.2 Å². The van der Waals surface area contributed by atoms with Gasteiger partial charge in [-0.3, -0.25) is 23.2 Å². The molecule has 424 valence electrons. The Bertz CT molecular complexity index is 2110. The fraction of sp³-hybridized carbons (Fsp3) is 0.630. The summed E-state index contributed by atoms with van der Waals surface area (Å²) in [6.07, 6.45) is 41.2. The normalized spacial score (nSPS) is 19.9. The number of allylic oxidation sites excluding steroid dienone is 13. The average molecular weight is 1100 g/mol. The summed E-state index contributed by atoms with van der Waals surface area (Å²) < 4.78 is 56.6. The predicted octanol–water partition coefficient (Wildman–Crippen LogP) is 10.4. The zero-order chi connectivity index (χ0) is 55.0. The van der Waals surface area contributed by atoms with Crippen molar-refractivity contribution >= 4 is 33.4 Å². The number of anilines is 1. The van der Waals surface area contributed by atoms with E-state index in [9.17, 15) is 48.6 Å². The molecule has 1 fully saturated rings. The van der Waals surface area contributed by atoms with Crippen LogP contribution in [0.5, 0.6) is 0 Å². The number of unbranched alkanes of at least 4 members (excludes halogenated alkanes) is 13. The number of phosphoric ester groups is 2. The molecule has 0 bridgehead atoms. The molecule has 0 aromatic carbocycles. The molecular weight excluding hydrogens is 1010 g/mol. The highest BCUT2D eigenvalue weighted by Gasteiger charge is 2.46. The van der Waals surface area contributed by atoms with Gasteiger partial charge in [-0.25, -0.2) is 13.9 Å². The maximum atomic E-state index is 12.9. The van der Waals surface area contributed by atoms with E-state index < -0.39 is 89.8 Å². The summed E-state index contributed by atoms with van der Waals surface area (Å²) in [6.45, 7) is 1.80. The number of nitrogen functional groups attached to an aromatic ring is 1. The van der Waals surface area contributed by atoms with E-state index in [1.165, 1.54) is 50.7 Å². The second-order valence-electron chi connectivity index (χ2n) is 18.2. The van der Waals surface area contributed by atoms with Gasteiger partial charge in [0, 0.05) is 19.0 Å². The standard InChI is InChI=1S/C54H87N3O16P2/c1-3-5-7-9-11-13-15-17-19-21-23-25-27-29-31-33-35-37-50(60)71-46(42-68-49(59)39-38-45(58)36-34-32-30-28-26-24-22-20-18-16-14-12-10-8-6-4-2)43-69-74(64,65)73-75(66,67)70-44-47-51(61)52(62)53(72-47)57-41-40-48(55)56-54(57)63/h6,8,12,14,17-20,24,26,30,32,34,36,40-41,45-47,51-53,58,61-62H,3-5,7,9-11,13,15-16,21-23,25,27-29,31,33,35,37-39,42-44H2,1-2H3,(H,64,65)(H,66,67)(H2,55,56,63)/b8-6-,14-12-,19-17-,20-18-,26-24-,32-30-,36-34-/t45?,46-,47-,51-,52-,53-/m1/s1. The van der Waals surface area contributed by atoms with Gasteiger partial charge in [0.25, 0.3) is 0 Å². The van der Waals surface area contributed by atoms with Gasteiger partial charge in [0.05, 0.1) is 19.3 Å². The van der Waals surface area contributed by atoms with Crippen molar-refractivity contribution in [1.29, 1.82) is 0 Å². The van der Waals surface area contributed by atoms with E-state index in [2.05, 4.69) is 77.8 Å². The minimum absolute atomic E-state index is 0.00245. The number of nitrogens with two attached hydrogens (primary N) is 1. The van der Waals surface area contributed by atoms with E-state index >= 15 is 0 Å². The van der Waals surface area contributed by atoms with Crippen LogP contribution >= 0.6 is 15.6 Å². The van der Waals surface area contributed by atoms with Gasteiger partial charge < -0.3 is 45.1 Å². The van der Waals surface area contributed by atoms with Crippen LogP contribution in [0.25, 0.3) is 0 Å². The van der Waals surface area contributed by atoms with Gasteiger partial charge in [0.1, 0.15) is 30.7 Å². The molecule has 8 atom stereocenters. The van der Waals surface area contributed by atoms with Crippen molar-refractivity contribution < 1.29 is 71.4 Å². The number of hydrogen-bond acceptors (Lipinski definition) is 16. The molecule has 75 heavy (non-hydrogen) atoms. The molecule has 0 radical (unpaired) electrons. The van der Waals surface area contributed by atoms with Gasteiger partial charge in [0.15, 0.2) is 12.3 Å². The van der Waals surface area contributed by atoms with Gasteiger partial charge in [-0.1, -0.05) is 163 Å². The summed E-state index contributed by atoms with van der Waals surface area (Å²) in [4.78, 5) is 62.0. The van der Waals surface area contributed by atoms with Crippen molar-refractivity contribution in [2.75, 3.05) is 25.6 Å². The van der Waals surface area contributed by atoms with Gasteiger partial charge in [-0.2, -0.15) is 9.29 Å². The summed E-state index contributed by atoms with van der Waals surface area (Å²) >= 11 is 0. The first-order valence-corrected chi connectivity index (χ1v) is 29.7. The molecule has 21 heteroatoms. The second-order valence-corrected chi connectivity index (χ2v) is 21.2. The van der Waals surface area contributed by atoms with Crippen molar-refractivity contribution in [1.82, 2.24) is 9.55 Å². The number of hydrogen-bond donors (Lipinski definition) is 6. The maximum Gasteiger partial charge on any atom is 0.481 e. The Labute approximate surface area is 444 Å². The first kappa shape index (κ1) is 67.0. The smallest absolute Gasteiger partial charge is 0.462 e. The zero-order valence-corrected chi connectivity index (χ0v) is 46.0. The topological polar surface area (TPSA) is 286 Å². The Balaban J connectivity index is 1.85. The molecule has 0 spiro atoms. The van der Waals surface area contributed by atoms with Crippen LogP contribution in [0.15, 0.2) is 102 Å². The van der Waals surface area contributed by atoms with E-state index in [-0.39, 0.29) is 25.1 Å². The fourth-order valence-corrected chi connectivity index (χ4v) is 9.53. The number of esters is 2. The van der Waals surface area contributed by atoms with Crippen molar-refractivity contribution in [3.63, 3.8) is 0 Å². The Morgan fingerprint density at radius 1 is 0.720 bits per heavy atom. The van der Waals surface area contributed by atoms with Gasteiger partial charge in [-0.05, 0) is 76.7 Å². The number of carbonyl (C=O) groups is 2.